The molecule has 1 aromatic carbocycles. The van der Waals surface area contributed by atoms with E-state index in [-0.39, 0.29) is 18.1 Å². The van der Waals surface area contributed by atoms with E-state index >= 15 is 0 Å². The number of aryl methyl sites for hydroxylation is 1. The minimum absolute atomic E-state index is 0.122. The van der Waals surface area contributed by atoms with Crippen molar-refractivity contribution in [2.24, 2.45) is 7.05 Å². The number of aliphatic hydroxyl groups excluding tert-OH is 1. The largest absolute Gasteiger partial charge is 0.388 e. The van der Waals surface area contributed by atoms with Gasteiger partial charge in [0.15, 0.2) is 5.82 Å². The third kappa shape index (κ3) is 3.86. The molecule has 0 radical (unpaired) electrons. The third-order valence-corrected chi connectivity index (χ3v) is 4.70. The summed E-state index contributed by atoms with van der Waals surface area (Å²) in [7, 11) is 1.59. The van der Waals surface area contributed by atoms with Crippen LogP contribution in [-0.4, -0.2) is 24.4 Å². The van der Waals surface area contributed by atoms with Crippen LogP contribution in [-0.2, 0) is 13.5 Å². The van der Waals surface area contributed by atoms with Crippen LogP contribution < -0.4 is 11.2 Å². The molecule has 2 atom stereocenters. The molecule has 0 aliphatic carbocycles. The maximum atomic E-state index is 12.4. The van der Waals surface area contributed by atoms with Crippen molar-refractivity contribution in [3.05, 3.63) is 79.2 Å². The fourth-order valence-corrected chi connectivity index (χ4v) is 2.84. The number of hydrogen-bond donors (Lipinski definition) is 1. The van der Waals surface area contributed by atoms with E-state index in [1.54, 1.807) is 45.2 Å². The zero-order valence-electron chi connectivity index (χ0n) is 15.1. The van der Waals surface area contributed by atoms with Crippen molar-refractivity contribution in [3.8, 4) is 0 Å². The monoisotopic (exact) mass is 390 g/mol. The second-order valence-corrected chi connectivity index (χ2v) is 6.77. The van der Waals surface area contributed by atoms with Crippen molar-refractivity contribution in [1.29, 1.82) is 0 Å². The van der Waals surface area contributed by atoms with Crippen LogP contribution in [0.2, 0.25) is 5.02 Å². The van der Waals surface area contributed by atoms with Crippen LogP contribution in [0.1, 0.15) is 42.0 Å². The predicted octanol–water partition coefficient (Wildman–Crippen LogP) is 1.78. The molecule has 0 aliphatic rings. The van der Waals surface area contributed by atoms with E-state index in [9.17, 15) is 14.7 Å². The van der Waals surface area contributed by atoms with E-state index in [1.165, 1.54) is 10.6 Å². The second kappa shape index (κ2) is 7.50. The molecule has 0 bridgehead atoms. The van der Waals surface area contributed by atoms with Crippen molar-refractivity contribution in [2.75, 3.05) is 0 Å². The lowest BCUT2D eigenvalue weighted by Crippen LogP contribution is -2.41. The van der Waals surface area contributed by atoms with Crippen molar-refractivity contribution < 1.29 is 9.63 Å². The van der Waals surface area contributed by atoms with E-state index in [2.05, 4.69) is 10.1 Å². The van der Waals surface area contributed by atoms with Crippen LogP contribution in [0.15, 0.2) is 44.4 Å². The van der Waals surface area contributed by atoms with E-state index in [4.69, 9.17) is 16.1 Å². The summed E-state index contributed by atoms with van der Waals surface area (Å²) < 4.78 is 7.65. The number of benzene rings is 1. The standard InChI is InChI=1S/C18H19ClN4O4/c1-10-8-16(25)23(18(26)22(10)3)11(2)17-20-15(21-27-17)9-14(24)12-4-6-13(19)7-5-12/h4-8,11,14,24H,9H2,1-3H3/t11?,14-/m0/s1. The Morgan fingerprint density at radius 1 is 1.26 bits per heavy atom. The Balaban J connectivity index is 1.84. The highest BCUT2D eigenvalue weighted by atomic mass is 35.5. The Labute approximate surface area is 159 Å². The highest BCUT2D eigenvalue weighted by molar-refractivity contribution is 6.30. The van der Waals surface area contributed by atoms with Crippen molar-refractivity contribution in [2.45, 2.75) is 32.4 Å². The number of aliphatic hydroxyl groups is 1. The number of nitrogens with zero attached hydrogens (tertiary/aromatic N) is 4. The summed E-state index contributed by atoms with van der Waals surface area (Å²) in [4.78, 5) is 28.9. The van der Waals surface area contributed by atoms with Crippen LogP contribution >= 0.6 is 11.6 Å². The van der Waals surface area contributed by atoms with E-state index in [0.717, 1.165) is 4.57 Å². The van der Waals surface area contributed by atoms with Gasteiger partial charge in [0.1, 0.15) is 6.04 Å². The van der Waals surface area contributed by atoms with Gasteiger partial charge in [0.25, 0.3) is 5.56 Å². The first-order valence-corrected chi connectivity index (χ1v) is 8.71. The van der Waals surface area contributed by atoms with Crippen molar-refractivity contribution in [3.63, 3.8) is 0 Å². The zero-order chi connectivity index (χ0) is 19.7. The molecule has 1 unspecified atom stereocenters. The van der Waals surface area contributed by atoms with Crippen molar-refractivity contribution >= 4 is 11.6 Å². The predicted molar refractivity (Wildman–Crippen MR) is 98.9 cm³/mol. The summed E-state index contributed by atoms with van der Waals surface area (Å²) in [5.41, 5.74) is 0.325. The van der Waals surface area contributed by atoms with Gasteiger partial charge in [0.2, 0.25) is 5.89 Å². The van der Waals surface area contributed by atoms with Crippen LogP contribution in [0.5, 0.6) is 0 Å². The molecule has 0 saturated carbocycles. The maximum absolute atomic E-state index is 12.4. The highest BCUT2D eigenvalue weighted by Gasteiger charge is 2.22. The quantitative estimate of drug-likeness (QED) is 0.712. The molecule has 1 N–H and O–H groups in total. The molecular formula is C18H19ClN4O4. The van der Waals surface area contributed by atoms with Crippen LogP contribution in [0.25, 0.3) is 0 Å². The fraction of sp³-hybridized carbons (Fsp3) is 0.333. The lowest BCUT2D eigenvalue weighted by molar-refractivity contribution is 0.174. The van der Waals surface area contributed by atoms with E-state index < -0.39 is 23.4 Å². The van der Waals surface area contributed by atoms with Gasteiger partial charge in [-0.1, -0.05) is 28.9 Å². The summed E-state index contributed by atoms with van der Waals surface area (Å²) in [5, 5.41) is 14.7. The molecule has 0 fully saturated rings. The summed E-state index contributed by atoms with van der Waals surface area (Å²) >= 11 is 5.84. The molecule has 3 rings (SSSR count). The lowest BCUT2D eigenvalue weighted by Gasteiger charge is -2.12. The van der Waals surface area contributed by atoms with Gasteiger partial charge >= 0.3 is 5.69 Å². The number of halogens is 1. The lowest BCUT2D eigenvalue weighted by atomic mass is 10.1. The highest BCUT2D eigenvalue weighted by Crippen LogP contribution is 2.20. The van der Waals surface area contributed by atoms with Crippen molar-refractivity contribution in [1.82, 2.24) is 19.3 Å². The molecule has 3 aromatic rings. The minimum Gasteiger partial charge on any atom is -0.388 e. The zero-order valence-corrected chi connectivity index (χ0v) is 15.8. The van der Waals surface area contributed by atoms with Crippen LogP contribution in [0.3, 0.4) is 0 Å². The van der Waals surface area contributed by atoms with Gasteiger partial charge in [0.05, 0.1) is 6.10 Å². The van der Waals surface area contributed by atoms with Gasteiger partial charge in [-0.2, -0.15) is 4.98 Å². The molecule has 0 spiro atoms. The average molecular weight is 391 g/mol. The van der Waals surface area contributed by atoms with E-state index in [1.807, 2.05) is 0 Å². The summed E-state index contributed by atoms with van der Waals surface area (Å²) in [6, 6.07) is 7.44. The first kappa shape index (κ1) is 19.1. The molecule has 9 heteroatoms. The number of rotatable bonds is 5. The molecule has 0 amide bonds. The Morgan fingerprint density at radius 2 is 1.93 bits per heavy atom. The van der Waals surface area contributed by atoms with Gasteiger partial charge in [-0.05, 0) is 31.5 Å². The second-order valence-electron chi connectivity index (χ2n) is 6.33. The normalized spacial score (nSPS) is 13.5. The third-order valence-electron chi connectivity index (χ3n) is 4.45. The first-order chi connectivity index (χ1) is 12.8. The topological polar surface area (TPSA) is 103 Å². The molecule has 2 heterocycles. The van der Waals surface area contributed by atoms with Gasteiger partial charge in [-0.25, -0.2) is 9.36 Å². The molecule has 142 valence electrons. The van der Waals surface area contributed by atoms with Crippen LogP contribution in [0.4, 0.5) is 0 Å². The molecule has 0 saturated heterocycles. The van der Waals surface area contributed by atoms with Crippen LogP contribution in [0, 0.1) is 6.92 Å². The van der Waals surface area contributed by atoms with E-state index in [0.29, 0.717) is 16.3 Å². The molecule has 0 aliphatic heterocycles. The van der Waals surface area contributed by atoms with Gasteiger partial charge < -0.3 is 14.2 Å². The number of hydrogen-bond acceptors (Lipinski definition) is 6. The molecule has 2 aromatic heterocycles. The molecular weight excluding hydrogens is 372 g/mol. The Bertz CT molecular complexity index is 1070. The Kier molecular flexibility index (Phi) is 5.29. The Hall–Kier alpha value is -2.71. The number of aromatic nitrogens is 4. The summed E-state index contributed by atoms with van der Waals surface area (Å²) in [5.74, 6) is 0.396. The fourth-order valence-electron chi connectivity index (χ4n) is 2.71. The summed E-state index contributed by atoms with van der Waals surface area (Å²) in [6.45, 7) is 3.31. The summed E-state index contributed by atoms with van der Waals surface area (Å²) in [6.07, 6.45) is -0.712. The first-order valence-electron chi connectivity index (χ1n) is 8.33. The van der Waals surface area contributed by atoms with Gasteiger partial charge in [-0.15, -0.1) is 0 Å². The Morgan fingerprint density at radius 3 is 2.59 bits per heavy atom. The molecule has 8 nitrogen and oxygen atoms in total. The minimum atomic E-state index is -0.835. The average Bonchev–Trinajstić information content (AvgIpc) is 3.08. The molecule has 27 heavy (non-hydrogen) atoms. The van der Waals surface area contributed by atoms with Gasteiger partial charge in [0, 0.05) is 30.3 Å². The SMILES string of the molecule is Cc1cc(=O)n(C(C)c2nc(C[C@H](O)c3ccc(Cl)cc3)no2)c(=O)n1C. The maximum Gasteiger partial charge on any atom is 0.331 e. The van der Waals surface area contributed by atoms with Gasteiger partial charge in [-0.3, -0.25) is 4.79 Å². The smallest absolute Gasteiger partial charge is 0.331 e.